The highest BCUT2D eigenvalue weighted by molar-refractivity contribution is 5.89. The predicted molar refractivity (Wildman–Crippen MR) is 67.2 cm³/mol. The topological polar surface area (TPSA) is 84.9 Å². The average molecular weight is 265 g/mol. The molecule has 6 heteroatoms. The Morgan fingerprint density at radius 3 is 2.42 bits per heavy atom. The molecular formula is C13H15NO5. The summed E-state index contributed by atoms with van der Waals surface area (Å²) in [5, 5.41) is 12.2. The number of ether oxygens (including phenoxy) is 2. The monoisotopic (exact) mass is 265 g/mol. The summed E-state index contributed by atoms with van der Waals surface area (Å²) in [4.78, 5) is 22.4. The third-order valence-electron chi connectivity index (χ3n) is 3.15. The fraction of sp³-hybridized carbons (Fsp3) is 0.385. The highest BCUT2D eigenvalue weighted by Crippen LogP contribution is 2.28. The van der Waals surface area contributed by atoms with Crippen LogP contribution < -0.4 is 5.32 Å². The van der Waals surface area contributed by atoms with Crippen LogP contribution in [0, 0.1) is 5.41 Å². The van der Waals surface area contributed by atoms with Crippen molar-refractivity contribution in [2.24, 2.45) is 5.41 Å². The lowest BCUT2D eigenvalue weighted by Crippen LogP contribution is -2.53. The lowest BCUT2D eigenvalue weighted by Gasteiger charge is -2.37. The first-order chi connectivity index (χ1) is 9.07. The molecule has 0 spiro atoms. The number of carbonyl (C=O) groups is 2. The van der Waals surface area contributed by atoms with Crippen LogP contribution >= 0.6 is 0 Å². The van der Waals surface area contributed by atoms with Crippen molar-refractivity contribution in [2.45, 2.75) is 0 Å². The number of hydrogen-bond donors (Lipinski definition) is 2. The highest BCUT2D eigenvalue weighted by atomic mass is 16.5. The number of carboxylic acids is 1. The van der Waals surface area contributed by atoms with E-state index in [1.54, 1.807) is 24.3 Å². The minimum atomic E-state index is -0.863. The van der Waals surface area contributed by atoms with Crippen LogP contribution in [0.5, 0.6) is 0 Å². The number of carboxylic acid groups (broad SMARTS) is 1. The van der Waals surface area contributed by atoms with E-state index in [1.165, 1.54) is 7.11 Å². The lowest BCUT2D eigenvalue weighted by molar-refractivity contribution is -0.176. The number of methoxy groups -OCH3 is 1. The molecule has 2 N–H and O–H groups in total. The van der Waals surface area contributed by atoms with Crippen molar-refractivity contribution < 1.29 is 24.2 Å². The molecular weight excluding hydrogens is 250 g/mol. The lowest BCUT2D eigenvalue weighted by atomic mass is 9.86. The van der Waals surface area contributed by atoms with Gasteiger partial charge >= 0.3 is 11.9 Å². The molecule has 1 aliphatic rings. The maximum atomic E-state index is 11.2. The second-order valence-corrected chi connectivity index (χ2v) is 4.50. The summed E-state index contributed by atoms with van der Waals surface area (Å²) in [6.45, 7) is 0.727. The molecule has 19 heavy (non-hydrogen) atoms. The normalized spacial score (nSPS) is 16.3. The number of aliphatic carboxylic acids is 1. The number of anilines is 1. The molecule has 1 heterocycles. The van der Waals surface area contributed by atoms with Crippen LogP contribution in [-0.2, 0) is 14.3 Å². The predicted octanol–water partition coefficient (Wildman–Crippen LogP) is 0.986. The van der Waals surface area contributed by atoms with Gasteiger partial charge in [0.2, 0.25) is 0 Å². The van der Waals surface area contributed by atoms with Crippen LogP contribution in [0.25, 0.3) is 0 Å². The van der Waals surface area contributed by atoms with Crippen molar-refractivity contribution in [3.63, 3.8) is 0 Å². The summed E-state index contributed by atoms with van der Waals surface area (Å²) in [7, 11) is 1.32. The summed E-state index contributed by atoms with van der Waals surface area (Å²) in [5.41, 5.74) is 0.356. The molecule has 102 valence electrons. The van der Waals surface area contributed by atoms with Crippen molar-refractivity contribution in [1.29, 1.82) is 0 Å². The van der Waals surface area contributed by atoms with Crippen LogP contribution in [0.3, 0.4) is 0 Å². The number of esters is 1. The molecule has 0 aromatic heterocycles. The van der Waals surface area contributed by atoms with Gasteiger partial charge in [-0.15, -0.1) is 0 Å². The number of benzene rings is 1. The molecule has 0 atom stereocenters. The zero-order chi connectivity index (χ0) is 13.9. The Kier molecular flexibility index (Phi) is 3.71. The van der Waals surface area contributed by atoms with E-state index in [-0.39, 0.29) is 13.2 Å². The molecule has 1 aromatic carbocycles. The molecule has 6 nitrogen and oxygen atoms in total. The first-order valence-electron chi connectivity index (χ1n) is 5.81. The summed E-state index contributed by atoms with van der Waals surface area (Å²) in [5.74, 6) is -1.27. The molecule has 0 amide bonds. The fourth-order valence-corrected chi connectivity index (χ4v) is 1.76. The first kappa shape index (κ1) is 13.4. The molecule has 2 rings (SSSR count). The molecule has 0 unspecified atom stereocenters. The quantitative estimate of drug-likeness (QED) is 0.772. The molecule has 1 aliphatic heterocycles. The van der Waals surface area contributed by atoms with Crippen LogP contribution in [0.1, 0.15) is 10.4 Å². The number of nitrogens with one attached hydrogen (secondary N) is 1. The van der Waals surface area contributed by atoms with E-state index in [0.29, 0.717) is 12.1 Å². The Labute approximate surface area is 110 Å². The van der Waals surface area contributed by atoms with Gasteiger partial charge in [0.05, 0.1) is 25.9 Å². The average Bonchev–Trinajstić information content (AvgIpc) is 2.37. The van der Waals surface area contributed by atoms with Gasteiger partial charge in [0.1, 0.15) is 5.41 Å². The fourth-order valence-electron chi connectivity index (χ4n) is 1.76. The SMILES string of the molecule is COC(=O)c1ccc(NCC2(C(=O)O)COC2)cc1. The van der Waals surface area contributed by atoms with E-state index in [2.05, 4.69) is 10.1 Å². The van der Waals surface area contributed by atoms with E-state index in [0.717, 1.165) is 5.69 Å². The number of hydrogen-bond acceptors (Lipinski definition) is 5. The van der Waals surface area contributed by atoms with Crippen molar-refractivity contribution in [3.8, 4) is 0 Å². The van der Waals surface area contributed by atoms with Gasteiger partial charge in [0.25, 0.3) is 0 Å². The van der Waals surface area contributed by atoms with E-state index >= 15 is 0 Å². The first-order valence-corrected chi connectivity index (χ1v) is 5.81. The van der Waals surface area contributed by atoms with Gasteiger partial charge in [-0.2, -0.15) is 0 Å². The van der Waals surface area contributed by atoms with Gasteiger partial charge in [0, 0.05) is 12.2 Å². The van der Waals surface area contributed by atoms with Gasteiger partial charge in [-0.25, -0.2) is 4.79 Å². The number of carbonyl (C=O) groups excluding carboxylic acids is 1. The molecule has 1 aromatic rings. The second-order valence-electron chi connectivity index (χ2n) is 4.50. The Morgan fingerprint density at radius 2 is 2.00 bits per heavy atom. The summed E-state index contributed by atoms with van der Waals surface area (Å²) in [6.07, 6.45) is 0. The highest BCUT2D eigenvalue weighted by Gasteiger charge is 2.46. The Morgan fingerprint density at radius 1 is 1.37 bits per heavy atom. The summed E-state index contributed by atoms with van der Waals surface area (Å²) >= 11 is 0. The molecule has 0 radical (unpaired) electrons. The zero-order valence-corrected chi connectivity index (χ0v) is 10.5. The van der Waals surface area contributed by atoms with Gasteiger partial charge < -0.3 is 19.9 Å². The third kappa shape index (κ3) is 2.68. The zero-order valence-electron chi connectivity index (χ0n) is 10.5. The van der Waals surface area contributed by atoms with Crippen LogP contribution in [-0.4, -0.2) is 43.9 Å². The minimum Gasteiger partial charge on any atom is -0.481 e. The van der Waals surface area contributed by atoms with Crippen LogP contribution in [0.15, 0.2) is 24.3 Å². The maximum absolute atomic E-state index is 11.2. The van der Waals surface area contributed by atoms with E-state index in [9.17, 15) is 9.59 Å². The van der Waals surface area contributed by atoms with E-state index < -0.39 is 17.4 Å². The standard InChI is InChI=1S/C13H15NO5/c1-18-11(15)9-2-4-10(5-3-9)14-6-13(12(16)17)7-19-8-13/h2-5,14H,6-8H2,1H3,(H,16,17). The Balaban J connectivity index is 1.97. The smallest absolute Gasteiger partial charge is 0.337 e. The van der Waals surface area contributed by atoms with Gasteiger partial charge in [-0.1, -0.05) is 0 Å². The maximum Gasteiger partial charge on any atom is 0.337 e. The second kappa shape index (κ2) is 5.27. The third-order valence-corrected chi connectivity index (χ3v) is 3.15. The largest absolute Gasteiger partial charge is 0.481 e. The van der Waals surface area contributed by atoms with Crippen LogP contribution in [0.4, 0.5) is 5.69 Å². The molecule has 0 bridgehead atoms. The molecule has 1 saturated heterocycles. The minimum absolute atomic E-state index is 0.218. The Hall–Kier alpha value is -2.08. The van der Waals surface area contributed by atoms with Gasteiger partial charge in [0.15, 0.2) is 0 Å². The van der Waals surface area contributed by atoms with E-state index in [4.69, 9.17) is 9.84 Å². The van der Waals surface area contributed by atoms with Crippen molar-refractivity contribution >= 4 is 17.6 Å². The summed E-state index contributed by atoms with van der Waals surface area (Å²) in [6, 6.07) is 6.67. The molecule has 0 saturated carbocycles. The Bertz CT molecular complexity index is 478. The van der Waals surface area contributed by atoms with Crippen molar-refractivity contribution in [3.05, 3.63) is 29.8 Å². The molecule has 1 fully saturated rings. The van der Waals surface area contributed by atoms with Gasteiger partial charge in [-0.3, -0.25) is 4.79 Å². The van der Waals surface area contributed by atoms with Gasteiger partial charge in [-0.05, 0) is 24.3 Å². The van der Waals surface area contributed by atoms with Crippen molar-refractivity contribution in [1.82, 2.24) is 0 Å². The molecule has 0 aliphatic carbocycles. The van der Waals surface area contributed by atoms with E-state index in [1.807, 2.05) is 0 Å². The van der Waals surface area contributed by atoms with Crippen molar-refractivity contribution in [2.75, 3.05) is 32.2 Å². The summed E-state index contributed by atoms with van der Waals surface area (Å²) < 4.78 is 9.57. The van der Waals surface area contributed by atoms with Crippen LogP contribution in [0.2, 0.25) is 0 Å². The number of rotatable bonds is 5.